The van der Waals surface area contributed by atoms with Gasteiger partial charge in [-0.1, -0.05) is 0 Å². The van der Waals surface area contributed by atoms with Crippen molar-refractivity contribution in [3.8, 4) is 0 Å². The van der Waals surface area contributed by atoms with Gasteiger partial charge in [0.05, 0.1) is 0 Å². The zero-order valence-electron chi connectivity index (χ0n) is 10.8. The topological polar surface area (TPSA) is 102 Å². The number of hydrogen-bond donors (Lipinski definition) is 2. The first-order chi connectivity index (χ1) is 9.65. The molecule has 8 heteroatoms. The second kappa shape index (κ2) is 6.50. The molecular weight excluding hydrogens is 262 g/mol. The minimum absolute atomic E-state index is 0.213. The summed E-state index contributed by atoms with van der Waals surface area (Å²) in [6.07, 6.45) is 5.78. The van der Waals surface area contributed by atoms with E-state index in [4.69, 9.17) is 5.11 Å². The lowest BCUT2D eigenvalue weighted by Crippen LogP contribution is -2.26. The number of rotatable bonds is 7. The fraction of sp³-hybridized carbons (Fsp3) is 0.333. The highest BCUT2D eigenvalue weighted by Gasteiger charge is 2.09. The Kier molecular flexibility index (Phi) is 4.48. The standard InChI is InChI=1S/C12H15N5O3/c18-11(19)9-17-8-3-10(15-17)12(20)13-4-1-6-16-7-2-5-14-16/h2-3,5,7-8H,1,4,6,9H2,(H,13,20)(H,18,19). The van der Waals surface area contributed by atoms with E-state index in [2.05, 4.69) is 15.5 Å². The van der Waals surface area contributed by atoms with E-state index < -0.39 is 5.97 Å². The maximum Gasteiger partial charge on any atom is 0.325 e. The summed E-state index contributed by atoms with van der Waals surface area (Å²) < 4.78 is 2.99. The Hall–Kier alpha value is -2.64. The van der Waals surface area contributed by atoms with Crippen molar-refractivity contribution in [3.05, 3.63) is 36.4 Å². The van der Waals surface area contributed by atoms with Crippen molar-refractivity contribution in [1.29, 1.82) is 0 Å². The largest absolute Gasteiger partial charge is 0.480 e. The maximum absolute atomic E-state index is 11.7. The van der Waals surface area contributed by atoms with Crippen molar-refractivity contribution in [3.63, 3.8) is 0 Å². The van der Waals surface area contributed by atoms with Gasteiger partial charge in [0.2, 0.25) is 0 Å². The molecule has 0 fully saturated rings. The normalized spacial score (nSPS) is 10.4. The zero-order valence-corrected chi connectivity index (χ0v) is 10.8. The summed E-state index contributed by atoms with van der Waals surface area (Å²) in [7, 11) is 0. The summed E-state index contributed by atoms with van der Waals surface area (Å²) >= 11 is 0. The molecule has 0 aliphatic rings. The van der Waals surface area contributed by atoms with E-state index in [1.165, 1.54) is 16.9 Å². The highest BCUT2D eigenvalue weighted by atomic mass is 16.4. The van der Waals surface area contributed by atoms with Crippen LogP contribution in [0.4, 0.5) is 0 Å². The third-order valence-corrected chi connectivity index (χ3v) is 2.58. The van der Waals surface area contributed by atoms with E-state index in [9.17, 15) is 9.59 Å². The van der Waals surface area contributed by atoms with Crippen LogP contribution in [0.2, 0.25) is 0 Å². The van der Waals surface area contributed by atoms with Crippen molar-refractivity contribution in [2.75, 3.05) is 6.54 Å². The van der Waals surface area contributed by atoms with Crippen LogP contribution in [0.25, 0.3) is 0 Å². The number of carboxylic acid groups (broad SMARTS) is 1. The minimum atomic E-state index is -1.00. The SMILES string of the molecule is O=C(O)Cn1ccc(C(=O)NCCCn2cccn2)n1. The molecule has 2 N–H and O–H groups in total. The predicted octanol–water partition coefficient (Wildman–Crippen LogP) is -0.0157. The Labute approximate surface area is 115 Å². The summed E-state index contributed by atoms with van der Waals surface area (Å²) in [5, 5.41) is 19.3. The van der Waals surface area contributed by atoms with Gasteiger partial charge in [-0.05, 0) is 18.6 Å². The molecule has 0 radical (unpaired) electrons. The summed E-state index contributed by atoms with van der Waals surface area (Å²) in [6, 6.07) is 3.33. The van der Waals surface area contributed by atoms with Gasteiger partial charge in [0, 0.05) is 31.7 Å². The first kappa shape index (κ1) is 13.8. The Morgan fingerprint density at radius 2 is 2.15 bits per heavy atom. The quantitative estimate of drug-likeness (QED) is 0.693. The molecule has 0 unspecified atom stereocenters. The Morgan fingerprint density at radius 1 is 1.30 bits per heavy atom. The van der Waals surface area contributed by atoms with Gasteiger partial charge in [0.25, 0.3) is 5.91 Å². The monoisotopic (exact) mass is 277 g/mol. The average molecular weight is 277 g/mol. The van der Waals surface area contributed by atoms with Crippen molar-refractivity contribution in [2.45, 2.75) is 19.5 Å². The van der Waals surface area contributed by atoms with Crippen molar-refractivity contribution in [2.24, 2.45) is 0 Å². The molecule has 0 aliphatic heterocycles. The number of hydrogen-bond acceptors (Lipinski definition) is 4. The number of carboxylic acids is 1. The number of nitrogens with one attached hydrogen (secondary N) is 1. The van der Waals surface area contributed by atoms with E-state index in [0.29, 0.717) is 6.54 Å². The van der Waals surface area contributed by atoms with Gasteiger partial charge >= 0.3 is 5.97 Å². The number of amides is 1. The van der Waals surface area contributed by atoms with Gasteiger partial charge in [-0.15, -0.1) is 0 Å². The molecule has 0 spiro atoms. The number of aryl methyl sites for hydroxylation is 1. The molecule has 0 aromatic carbocycles. The predicted molar refractivity (Wildman–Crippen MR) is 69.0 cm³/mol. The number of carbonyl (C=O) groups excluding carboxylic acids is 1. The zero-order chi connectivity index (χ0) is 14.4. The van der Waals surface area contributed by atoms with Crippen LogP contribution in [-0.2, 0) is 17.9 Å². The Balaban J connectivity index is 1.74. The third-order valence-electron chi connectivity index (χ3n) is 2.58. The summed E-state index contributed by atoms with van der Waals surface area (Å²) in [4.78, 5) is 22.2. The smallest absolute Gasteiger partial charge is 0.325 e. The minimum Gasteiger partial charge on any atom is -0.480 e. The summed E-state index contributed by atoms with van der Waals surface area (Å²) in [5.74, 6) is -1.31. The molecular formula is C12H15N5O3. The maximum atomic E-state index is 11.7. The van der Waals surface area contributed by atoms with Crippen molar-refractivity contribution >= 4 is 11.9 Å². The molecule has 0 saturated carbocycles. The van der Waals surface area contributed by atoms with Crippen LogP contribution in [0.1, 0.15) is 16.9 Å². The summed E-state index contributed by atoms with van der Waals surface area (Å²) in [6.45, 7) is 0.970. The van der Waals surface area contributed by atoms with Gasteiger partial charge in [0.1, 0.15) is 12.2 Å². The number of carbonyl (C=O) groups is 2. The molecule has 0 saturated heterocycles. The van der Waals surface area contributed by atoms with Crippen molar-refractivity contribution < 1.29 is 14.7 Å². The van der Waals surface area contributed by atoms with Crippen LogP contribution in [0.3, 0.4) is 0 Å². The number of aromatic nitrogens is 4. The van der Waals surface area contributed by atoms with Crippen LogP contribution in [-0.4, -0.2) is 43.1 Å². The van der Waals surface area contributed by atoms with Crippen LogP contribution in [0.5, 0.6) is 0 Å². The molecule has 20 heavy (non-hydrogen) atoms. The lowest BCUT2D eigenvalue weighted by atomic mass is 10.3. The second-order valence-electron chi connectivity index (χ2n) is 4.17. The van der Waals surface area contributed by atoms with Crippen LogP contribution in [0, 0.1) is 0 Å². The molecule has 2 heterocycles. The fourth-order valence-corrected chi connectivity index (χ4v) is 1.68. The highest BCUT2D eigenvalue weighted by Crippen LogP contribution is 1.96. The fourth-order valence-electron chi connectivity index (χ4n) is 1.68. The Bertz CT molecular complexity index is 576. The van der Waals surface area contributed by atoms with Gasteiger partial charge in [-0.25, -0.2) is 0 Å². The van der Waals surface area contributed by atoms with Crippen LogP contribution < -0.4 is 5.32 Å². The molecule has 1 amide bonds. The lowest BCUT2D eigenvalue weighted by molar-refractivity contribution is -0.137. The van der Waals surface area contributed by atoms with Crippen LogP contribution in [0.15, 0.2) is 30.7 Å². The average Bonchev–Trinajstić information content (AvgIpc) is 3.04. The van der Waals surface area contributed by atoms with Gasteiger partial charge < -0.3 is 10.4 Å². The lowest BCUT2D eigenvalue weighted by Gasteiger charge is -2.03. The molecule has 0 bridgehead atoms. The molecule has 2 aromatic rings. The third kappa shape index (κ3) is 3.94. The van der Waals surface area contributed by atoms with E-state index in [1.54, 1.807) is 10.9 Å². The molecule has 2 aromatic heterocycles. The first-order valence-corrected chi connectivity index (χ1v) is 6.16. The number of nitrogens with zero attached hydrogens (tertiary/aromatic N) is 4. The highest BCUT2D eigenvalue weighted by molar-refractivity contribution is 5.92. The van der Waals surface area contributed by atoms with E-state index in [1.807, 2.05) is 12.3 Å². The summed E-state index contributed by atoms with van der Waals surface area (Å²) in [5.41, 5.74) is 0.213. The number of aliphatic carboxylic acids is 1. The van der Waals surface area contributed by atoms with Crippen molar-refractivity contribution in [1.82, 2.24) is 24.9 Å². The van der Waals surface area contributed by atoms with Gasteiger partial charge in [-0.2, -0.15) is 10.2 Å². The van der Waals surface area contributed by atoms with Gasteiger partial charge in [-0.3, -0.25) is 19.0 Å². The van der Waals surface area contributed by atoms with E-state index in [-0.39, 0.29) is 18.1 Å². The molecule has 0 atom stereocenters. The van der Waals surface area contributed by atoms with E-state index >= 15 is 0 Å². The second-order valence-corrected chi connectivity index (χ2v) is 4.17. The first-order valence-electron chi connectivity index (χ1n) is 6.16. The van der Waals surface area contributed by atoms with Crippen LogP contribution >= 0.6 is 0 Å². The molecule has 2 rings (SSSR count). The molecule has 106 valence electrons. The van der Waals surface area contributed by atoms with E-state index in [0.717, 1.165) is 13.0 Å². The molecule has 8 nitrogen and oxygen atoms in total. The molecule has 0 aliphatic carbocycles. The van der Waals surface area contributed by atoms with Gasteiger partial charge in [0.15, 0.2) is 0 Å². The Morgan fingerprint density at radius 3 is 2.85 bits per heavy atom.